The first kappa shape index (κ1) is 35.0. The van der Waals surface area contributed by atoms with Gasteiger partial charge < -0.3 is 10.2 Å². The Bertz CT molecular complexity index is 1770. The lowest BCUT2D eigenvalue weighted by molar-refractivity contribution is -0.140. The summed E-state index contributed by atoms with van der Waals surface area (Å²) in [5.41, 5.74) is 3.40. The van der Waals surface area contributed by atoms with Gasteiger partial charge in [-0.1, -0.05) is 96.9 Å². The third kappa shape index (κ3) is 8.69. The van der Waals surface area contributed by atoms with Gasteiger partial charge in [-0.15, -0.1) is 0 Å². The molecule has 0 aliphatic rings. The topological polar surface area (TPSA) is 86.8 Å². The minimum Gasteiger partial charge on any atom is -0.352 e. The summed E-state index contributed by atoms with van der Waals surface area (Å²) < 4.78 is 29.6. The molecule has 4 aromatic carbocycles. The maximum absolute atomic E-state index is 14.6. The van der Waals surface area contributed by atoms with Gasteiger partial charge in [0.2, 0.25) is 11.8 Å². The minimum atomic E-state index is -4.19. The van der Waals surface area contributed by atoms with Crippen LogP contribution in [0.1, 0.15) is 42.5 Å². The third-order valence-electron chi connectivity index (χ3n) is 7.85. The molecule has 1 N–H and O–H groups in total. The van der Waals surface area contributed by atoms with Crippen LogP contribution in [0.4, 0.5) is 5.69 Å². The first-order valence-corrected chi connectivity index (χ1v) is 17.3. The molecule has 242 valence electrons. The van der Waals surface area contributed by atoms with Crippen LogP contribution in [0.15, 0.2) is 102 Å². The number of carbonyl (C=O) groups is 2. The lowest BCUT2D eigenvalue weighted by Gasteiger charge is -2.34. The molecule has 7 nitrogen and oxygen atoms in total. The molecule has 46 heavy (non-hydrogen) atoms. The highest BCUT2D eigenvalue weighted by Crippen LogP contribution is 2.29. The second-order valence-corrected chi connectivity index (χ2v) is 14.1. The predicted octanol–water partition coefficient (Wildman–Crippen LogP) is 7.36. The van der Waals surface area contributed by atoms with Gasteiger partial charge in [-0.05, 0) is 79.8 Å². The molecule has 4 aromatic rings. The molecule has 2 amide bonds. The van der Waals surface area contributed by atoms with Crippen LogP contribution in [0.5, 0.6) is 0 Å². The van der Waals surface area contributed by atoms with E-state index in [0.717, 1.165) is 15.4 Å². The molecule has 2 unspecified atom stereocenters. The number of anilines is 1. The van der Waals surface area contributed by atoms with Gasteiger partial charge in [0.05, 0.1) is 20.6 Å². The smallest absolute Gasteiger partial charge is 0.264 e. The molecule has 0 radical (unpaired) electrons. The van der Waals surface area contributed by atoms with Gasteiger partial charge >= 0.3 is 0 Å². The summed E-state index contributed by atoms with van der Waals surface area (Å²) in [6, 6.07) is 26.8. The van der Waals surface area contributed by atoms with Crippen molar-refractivity contribution in [1.82, 2.24) is 10.2 Å². The Hall–Kier alpha value is -3.85. The number of nitrogens with zero attached hydrogens (tertiary/aromatic N) is 2. The second-order valence-electron chi connectivity index (χ2n) is 11.4. The molecule has 0 spiro atoms. The molecule has 0 saturated heterocycles. The number of aryl methyl sites for hydroxylation is 2. The molecule has 0 saturated carbocycles. The van der Waals surface area contributed by atoms with E-state index < -0.39 is 28.5 Å². The first-order valence-electron chi connectivity index (χ1n) is 15.1. The fourth-order valence-electron chi connectivity index (χ4n) is 5.05. The van der Waals surface area contributed by atoms with Crippen molar-refractivity contribution in [2.24, 2.45) is 0 Å². The highest BCUT2D eigenvalue weighted by atomic mass is 35.5. The maximum Gasteiger partial charge on any atom is 0.264 e. The van der Waals surface area contributed by atoms with Crippen LogP contribution in [-0.4, -0.2) is 43.8 Å². The Morgan fingerprint density at radius 3 is 2.11 bits per heavy atom. The van der Waals surface area contributed by atoms with Gasteiger partial charge in [-0.25, -0.2) is 8.42 Å². The van der Waals surface area contributed by atoms with Crippen molar-refractivity contribution >= 4 is 50.7 Å². The zero-order valence-electron chi connectivity index (χ0n) is 26.4. The van der Waals surface area contributed by atoms with Crippen LogP contribution in [0.3, 0.4) is 0 Å². The third-order valence-corrected chi connectivity index (χ3v) is 10.4. The van der Waals surface area contributed by atoms with Crippen molar-refractivity contribution in [3.8, 4) is 0 Å². The number of hydrogen-bond donors (Lipinski definition) is 1. The molecule has 0 heterocycles. The Labute approximate surface area is 282 Å². The van der Waals surface area contributed by atoms with Gasteiger partial charge in [0, 0.05) is 19.0 Å². The fourth-order valence-corrected chi connectivity index (χ4v) is 6.86. The number of sulfonamides is 1. The molecule has 0 aromatic heterocycles. The number of halogens is 2. The number of benzene rings is 4. The molecule has 0 fully saturated rings. The van der Waals surface area contributed by atoms with Crippen molar-refractivity contribution in [3.63, 3.8) is 0 Å². The fraction of sp³-hybridized carbons (Fsp3) is 0.278. The summed E-state index contributed by atoms with van der Waals surface area (Å²) >= 11 is 12.6. The molecule has 0 bridgehead atoms. The van der Waals surface area contributed by atoms with Gasteiger partial charge in [0.1, 0.15) is 12.6 Å². The van der Waals surface area contributed by atoms with Gasteiger partial charge in [0.15, 0.2) is 0 Å². The molecule has 0 aliphatic heterocycles. The number of nitrogens with one attached hydrogen (secondary N) is 1. The molecule has 4 rings (SSSR count). The minimum absolute atomic E-state index is 0.00677. The summed E-state index contributed by atoms with van der Waals surface area (Å²) in [5.74, 6) is -0.887. The average molecular weight is 681 g/mol. The monoisotopic (exact) mass is 679 g/mol. The highest BCUT2D eigenvalue weighted by Gasteiger charge is 2.35. The maximum atomic E-state index is 14.6. The van der Waals surface area contributed by atoms with E-state index in [9.17, 15) is 18.0 Å². The van der Waals surface area contributed by atoms with E-state index in [2.05, 4.69) is 5.32 Å². The standard InChI is InChI=1S/C36H39Cl2N3O4S/c1-5-27(4)39-36(43)34(22-28-12-8-6-9-13-28)40(23-29-18-19-31(37)32(38)21-29)35(42)24-41(33-20-25(2)16-17-26(33)3)46(44,45)30-14-10-7-11-15-30/h6-21,27,34H,5,22-24H2,1-4H3,(H,39,43). The summed E-state index contributed by atoms with van der Waals surface area (Å²) in [6.07, 6.45) is 0.908. The second kappa shape index (κ2) is 15.6. The number of hydrogen-bond acceptors (Lipinski definition) is 4. The van der Waals surface area contributed by atoms with Crippen LogP contribution in [0.2, 0.25) is 10.0 Å². The van der Waals surface area contributed by atoms with Crippen molar-refractivity contribution in [2.45, 2.75) is 64.1 Å². The van der Waals surface area contributed by atoms with E-state index in [1.807, 2.05) is 63.2 Å². The van der Waals surface area contributed by atoms with Crippen LogP contribution < -0.4 is 9.62 Å². The summed E-state index contributed by atoms with van der Waals surface area (Å²) in [7, 11) is -4.19. The van der Waals surface area contributed by atoms with Crippen LogP contribution in [0.25, 0.3) is 0 Å². The Morgan fingerprint density at radius 2 is 1.48 bits per heavy atom. The SMILES string of the molecule is CCC(C)NC(=O)C(Cc1ccccc1)N(Cc1ccc(Cl)c(Cl)c1)C(=O)CN(c1cc(C)ccc1C)S(=O)(=O)c1ccccc1. The number of amides is 2. The molecular weight excluding hydrogens is 641 g/mol. The molecular formula is C36H39Cl2N3O4S. The highest BCUT2D eigenvalue weighted by molar-refractivity contribution is 7.92. The first-order chi connectivity index (χ1) is 21.9. The summed E-state index contributed by atoms with van der Waals surface area (Å²) in [6.45, 7) is 6.99. The van der Waals surface area contributed by atoms with Gasteiger partial charge in [0.25, 0.3) is 10.0 Å². The van der Waals surface area contributed by atoms with Gasteiger partial charge in [-0.2, -0.15) is 0 Å². The van der Waals surface area contributed by atoms with Crippen LogP contribution in [-0.2, 0) is 32.6 Å². The normalized spacial score (nSPS) is 12.7. The van der Waals surface area contributed by atoms with Crippen molar-refractivity contribution < 1.29 is 18.0 Å². The van der Waals surface area contributed by atoms with E-state index in [1.54, 1.807) is 49.4 Å². The van der Waals surface area contributed by atoms with E-state index in [4.69, 9.17) is 23.2 Å². The van der Waals surface area contributed by atoms with Gasteiger partial charge in [-0.3, -0.25) is 13.9 Å². The van der Waals surface area contributed by atoms with E-state index >= 15 is 0 Å². The zero-order chi connectivity index (χ0) is 33.4. The molecule has 10 heteroatoms. The lowest BCUT2D eigenvalue weighted by atomic mass is 10.0. The Kier molecular flexibility index (Phi) is 11.9. The molecule has 0 aliphatic carbocycles. The predicted molar refractivity (Wildman–Crippen MR) is 186 cm³/mol. The summed E-state index contributed by atoms with van der Waals surface area (Å²) in [4.78, 5) is 30.1. The lowest BCUT2D eigenvalue weighted by Crippen LogP contribution is -2.54. The Morgan fingerprint density at radius 1 is 0.826 bits per heavy atom. The molecule has 2 atom stereocenters. The van der Waals surface area contributed by atoms with Crippen LogP contribution >= 0.6 is 23.2 Å². The van der Waals surface area contributed by atoms with Crippen molar-refractivity contribution in [1.29, 1.82) is 0 Å². The number of rotatable bonds is 13. The Balaban J connectivity index is 1.85. The quantitative estimate of drug-likeness (QED) is 0.160. The largest absolute Gasteiger partial charge is 0.352 e. The zero-order valence-corrected chi connectivity index (χ0v) is 28.7. The van der Waals surface area contributed by atoms with E-state index in [1.165, 1.54) is 17.0 Å². The van der Waals surface area contributed by atoms with E-state index in [-0.39, 0.29) is 29.8 Å². The summed E-state index contributed by atoms with van der Waals surface area (Å²) in [5, 5.41) is 3.70. The van der Waals surface area contributed by atoms with E-state index in [0.29, 0.717) is 33.3 Å². The van der Waals surface area contributed by atoms with Crippen LogP contribution in [0, 0.1) is 13.8 Å². The van der Waals surface area contributed by atoms with Crippen molar-refractivity contribution in [3.05, 3.63) is 129 Å². The van der Waals surface area contributed by atoms with Crippen molar-refractivity contribution in [2.75, 3.05) is 10.8 Å². The average Bonchev–Trinajstić information content (AvgIpc) is 3.05. The number of carbonyl (C=O) groups excluding carboxylic acids is 2.